The highest BCUT2D eigenvalue weighted by Crippen LogP contribution is 2.29. The number of hydrogen-bond acceptors (Lipinski definition) is 6. The molecule has 124 valence electrons. The zero-order valence-corrected chi connectivity index (χ0v) is 13.0. The van der Waals surface area contributed by atoms with E-state index < -0.39 is 5.92 Å². The Morgan fingerprint density at radius 1 is 1.29 bits per heavy atom. The van der Waals surface area contributed by atoms with Crippen molar-refractivity contribution in [2.75, 3.05) is 19.6 Å². The number of likely N-dealkylation sites (tertiary alicyclic amines) is 1. The normalized spacial score (nSPS) is 21.2. The van der Waals surface area contributed by atoms with Crippen LogP contribution in [0, 0.1) is 5.92 Å². The number of carbonyl (C=O) groups is 2. The van der Waals surface area contributed by atoms with Crippen LogP contribution in [0.15, 0.2) is 29.0 Å². The van der Waals surface area contributed by atoms with Gasteiger partial charge in [0.25, 0.3) is 0 Å². The molecule has 1 unspecified atom stereocenters. The molecule has 2 amide bonds. The highest BCUT2D eigenvalue weighted by atomic mass is 16.5. The van der Waals surface area contributed by atoms with E-state index in [2.05, 4.69) is 20.4 Å². The van der Waals surface area contributed by atoms with Crippen molar-refractivity contribution in [2.24, 2.45) is 5.92 Å². The molecule has 1 N–H and O–H groups in total. The van der Waals surface area contributed by atoms with Gasteiger partial charge < -0.3 is 14.7 Å². The molecule has 0 radical (unpaired) electrons. The lowest BCUT2D eigenvalue weighted by Gasteiger charge is -2.39. The minimum Gasteiger partial charge on any atom is -0.355 e. The molecule has 2 saturated heterocycles. The summed E-state index contributed by atoms with van der Waals surface area (Å²) in [5.41, 5.74) is 0.839. The van der Waals surface area contributed by atoms with Gasteiger partial charge in [0.2, 0.25) is 23.5 Å². The summed E-state index contributed by atoms with van der Waals surface area (Å²) < 4.78 is 5.32. The lowest BCUT2D eigenvalue weighted by atomic mass is 9.92. The van der Waals surface area contributed by atoms with Crippen LogP contribution in [0.4, 0.5) is 0 Å². The molecule has 24 heavy (non-hydrogen) atoms. The first kappa shape index (κ1) is 14.8. The highest BCUT2D eigenvalue weighted by Gasteiger charge is 2.40. The molecule has 2 aliphatic heterocycles. The Morgan fingerprint density at radius 3 is 2.83 bits per heavy atom. The Kier molecular flexibility index (Phi) is 3.72. The van der Waals surface area contributed by atoms with Gasteiger partial charge in [-0.25, -0.2) is 0 Å². The first-order chi connectivity index (χ1) is 11.7. The molecule has 0 bridgehead atoms. The number of nitrogens with one attached hydrogen (secondary N) is 1. The molecule has 2 aromatic rings. The summed E-state index contributed by atoms with van der Waals surface area (Å²) in [6, 6.07) is 3.62. The SMILES string of the molecule is O=C1NCCCC1C(=O)N1CC(c2nc(-c3ccncc3)no2)C1. The monoisotopic (exact) mass is 327 g/mol. The fraction of sp³-hybridized carbons (Fsp3) is 0.438. The average Bonchev–Trinajstić information content (AvgIpc) is 3.04. The Hall–Kier alpha value is -2.77. The predicted octanol–water partition coefficient (Wildman–Crippen LogP) is 0.584. The molecule has 2 aromatic heterocycles. The third-order valence-corrected chi connectivity index (χ3v) is 4.51. The van der Waals surface area contributed by atoms with Gasteiger partial charge in [-0.2, -0.15) is 4.98 Å². The highest BCUT2D eigenvalue weighted by molar-refractivity contribution is 6.01. The number of piperidine rings is 1. The molecule has 4 rings (SSSR count). The summed E-state index contributed by atoms with van der Waals surface area (Å²) in [5, 5.41) is 6.73. The van der Waals surface area contributed by atoms with Crippen molar-refractivity contribution in [2.45, 2.75) is 18.8 Å². The van der Waals surface area contributed by atoms with Crippen LogP contribution in [-0.2, 0) is 9.59 Å². The van der Waals surface area contributed by atoms with E-state index >= 15 is 0 Å². The van der Waals surface area contributed by atoms with Crippen LogP contribution in [0.1, 0.15) is 24.7 Å². The Morgan fingerprint density at radius 2 is 2.08 bits per heavy atom. The molecule has 0 aromatic carbocycles. The molecule has 8 nitrogen and oxygen atoms in total. The second-order valence-electron chi connectivity index (χ2n) is 6.12. The fourth-order valence-corrected chi connectivity index (χ4v) is 3.06. The lowest BCUT2D eigenvalue weighted by molar-refractivity contribution is -0.147. The van der Waals surface area contributed by atoms with Crippen LogP contribution in [-0.4, -0.2) is 51.5 Å². The number of pyridine rings is 1. The number of amides is 2. The zero-order chi connectivity index (χ0) is 16.5. The van der Waals surface area contributed by atoms with Crippen LogP contribution in [0.2, 0.25) is 0 Å². The largest absolute Gasteiger partial charge is 0.355 e. The summed E-state index contributed by atoms with van der Waals surface area (Å²) in [7, 11) is 0. The van der Waals surface area contributed by atoms with E-state index in [0.717, 1.165) is 12.0 Å². The Balaban J connectivity index is 1.38. The number of nitrogens with zero attached hydrogens (tertiary/aromatic N) is 4. The van der Waals surface area contributed by atoms with Crippen molar-refractivity contribution >= 4 is 11.8 Å². The quantitative estimate of drug-likeness (QED) is 0.828. The number of rotatable bonds is 3. The lowest BCUT2D eigenvalue weighted by Crippen LogP contribution is -2.54. The maximum atomic E-state index is 12.4. The van der Waals surface area contributed by atoms with Gasteiger partial charge in [0.15, 0.2) is 0 Å². The molecule has 0 saturated carbocycles. The first-order valence-electron chi connectivity index (χ1n) is 8.03. The third-order valence-electron chi connectivity index (χ3n) is 4.51. The van der Waals surface area contributed by atoms with Gasteiger partial charge in [-0.3, -0.25) is 14.6 Å². The minimum absolute atomic E-state index is 0.0312. The van der Waals surface area contributed by atoms with Crippen LogP contribution < -0.4 is 5.32 Å². The van der Waals surface area contributed by atoms with Gasteiger partial charge in [0.1, 0.15) is 5.92 Å². The molecule has 8 heteroatoms. The average molecular weight is 327 g/mol. The van der Waals surface area contributed by atoms with Gasteiger partial charge in [-0.15, -0.1) is 0 Å². The van der Waals surface area contributed by atoms with E-state index in [0.29, 0.717) is 37.8 Å². The molecule has 1 atom stereocenters. The van der Waals surface area contributed by atoms with Crippen molar-refractivity contribution in [1.82, 2.24) is 25.3 Å². The van der Waals surface area contributed by atoms with E-state index in [1.54, 1.807) is 17.3 Å². The van der Waals surface area contributed by atoms with Crippen molar-refractivity contribution < 1.29 is 14.1 Å². The molecule has 2 aliphatic rings. The Bertz CT molecular complexity index is 754. The van der Waals surface area contributed by atoms with Crippen LogP contribution in [0.5, 0.6) is 0 Å². The van der Waals surface area contributed by atoms with Crippen molar-refractivity contribution in [3.8, 4) is 11.4 Å². The van der Waals surface area contributed by atoms with E-state index in [9.17, 15) is 9.59 Å². The van der Waals surface area contributed by atoms with Gasteiger partial charge >= 0.3 is 0 Å². The summed E-state index contributed by atoms with van der Waals surface area (Å²) in [5.74, 6) is 0.269. The van der Waals surface area contributed by atoms with Crippen molar-refractivity contribution in [3.05, 3.63) is 30.4 Å². The molecular formula is C16H17N5O3. The Labute approximate surface area is 138 Å². The third kappa shape index (κ3) is 2.64. The summed E-state index contributed by atoms with van der Waals surface area (Å²) in [6.07, 6.45) is 4.81. The van der Waals surface area contributed by atoms with E-state index in [-0.39, 0.29) is 17.7 Å². The fourth-order valence-electron chi connectivity index (χ4n) is 3.06. The van der Waals surface area contributed by atoms with Crippen molar-refractivity contribution in [3.63, 3.8) is 0 Å². The zero-order valence-electron chi connectivity index (χ0n) is 13.0. The molecule has 0 aliphatic carbocycles. The summed E-state index contributed by atoms with van der Waals surface area (Å²) in [4.78, 5) is 34.2. The second-order valence-corrected chi connectivity index (χ2v) is 6.12. The van der Waals surface area contributed by atoms with Crippen LogP contribution in [0.3, 0.4) is 0 Å². The van der Waals surface area contributed by atoms with Crippen LogP contribution >= 0.6 is 0 Å². The van der Waals surface area contributed by atoms with E-state index in [1.807, 2.05) is 12.1 Å². The maximum absolute atomic E-state index is 12.4. The molecule has 0 spiro atoms. The van der Waals surface area contributed by atoms with Crippen LogP contribution in [0.25, 0.3) is 11.4 Å². The van der Waals surface area contributed by atoms with Gasteiger partial charge in [0.05, 0.1) is 5.92 Å². The minimum atomic E-state index is -0.547. The molecular weight excluding hydrogens is 310 g/mol. The van der Waals surface area contributed by atoms with E-state index in [1.165, 1.54) is 0 Å². The maximum Gasteiger partial charge on any atom is 0.235 e. The van der Waals surface area contributed by atoms with E-state index in [4.69, 9.17) is 4.52 Å². The standard InChI is InChI=1S/C16H17N5O3/c22-14-12(2-1-5-18-14)16(23)21-8-11(9-21)15-19-13(20-24-15)10-3-6-17-7-4-10/h3-4,6-7,11-12H,1-2,5,8-9H2,(H,18,22). The predicted molar refractivity (Wildman–Crippen MR) is 82.6 cm³/mol. The van der Waals surface area contributed by atoms with Gasteiger partial charge in [-0.05, 0) is 25.0 Å². The molecule has 2 fully saturated rings. The summed E-state index contributed by atoms with van der Waals surface area (Å²) >= 11 is 0. The number of hydrogen-bond donors (Lipinski definition) is 1. The second kappa shape index (κ2) is 6.03. The van der Waals surface area contributed by atoms with Gasteiger partial charge in [-0.1, -0.05) is 5.16 Å². The summed E-state index contributed by atoms with van der Waals surface area (Å²) in [6.45, 7) is 1.69. The van der Waals surface area contributed by atoms with Crippen molar-refractivity contribution in [1.29, 1.82) is 0 Å². The molecule has 4 heterocycles. The topological polar surface area (TPSA) is 101 Å². The number of carbonyl (C=O) groups excluding carboxylic acids is 2. The first-order valence-corrected chi connectivity index (χ1v) is 8.03. The number of aromatic nitrogens is 3. The van der Waals surface area contributed by atoms with Gasteiger partial charge in [0, 0.05) is 37.6 Å². The smallest absolute Gasteiger partial charge is 0.235 e.